The number of esters is 1. The van der Waals surface area contributed by atoms with Gasteiger partial charge >= 0.3 is 11.7 Å². The topological polar surface area (TPSA) is 123 Å². The summed E-state index contributed by atoms with van der Waals surface area (Å²) in [5.41, 5.74) is -0.420. The summed E-state index contributed by atoms with van der Waals surface area (Å²) in [4.78, 5) is 35.9. The lowest BCUT2D eigenvalue weighted by Gasteiger charge is -2.20. The van der Waals surface area contributed by atoms with E-state index >= 15 is 0 Å². The molecule has 0 aliphatic heterocycles. The second kappa shape index (κ2) is 9.22. The van der Waals surface area contributed by atoms with Gasteiger partial charge in [-0.05, 0) is 26.0 Å². The van der Waals surface area contributed by atoms with Gasteiger partial charge in [0, 0.05) is 19.7 Å². The van der Waals surface area contributed by atoms with E-state index in [9.17, 15) is 19.7 Å². The molecule has 25 heavy (non-hydrogen) atoms. The van der Waals surface area contributed by atoms with Gasteiger partial charge in [0.05, 0.1) is 29.6 Å². The van der Waals surface area contributed by atoms with E-state index in [1.54, 1.807) is 6.92 Å². The Hall–Kier alpha value is -3.15. The first-order valence-corrected chi connectivity index (χ1v) is 7.56. The number of benzene rings is 1. The van der Waals surface area contributed by atoms with Crippen LogP contribution in [0.5, 0.6) is 5.75 Å². The fourth-order valence-corrected chi connectivity index (χ4v) is 1.98. The summed E-state index contributed by atoms with van der Waals surface area (Å²) >= 11 is 0. The number of carbonyl (C=O) groups excluding carboxylic acids is 2. The summed E-state index contributed by atoms with van der Waals surface area (Å²) in [6.45, 7) is 3.53. The number of nitrogens with zero attached hydrogens (tertiary/aromatic N) is 3. The molecule has 9 nitrogen and oxygen atoms in total. The number of rotatable bonds is 8. The van der Waals surface area contributed by atoms with Crippen molar-refractivity contribution in [3.05, 3.63) is 33.9 Å². The highest BCUT2D eigenvalue weighted by Gasteiger charge is 2.24. The molecule has 134 valence electrons. The normalized spacial score (nSPS) is 11.1. The summed E-state index contributed by atoms with van der Waals surface area (Å²) in [6, 6.07) is 5.60. The van der Waals surface area contributed by atoms with Crippen LogP contribution in [0.4, 0.5) is 5.69 Å². The van der Waals surface area contributed by atoms with E-state index in [1.807, 2.05) is 6.07 Å². The highest BCUT2D eigenvalue weighted by molar-refractivity contribution is 5.93. The van der Waals surface area contributed by atoms with Crippen molar-refractivity contribution in [2.24, 2.45) is 0 Å². The highest BCUT2D eigenvalue weighted by atomic mass is 16.6. The van der Waals surface area contributed by atoms with Gasteiger partial charge in [0.25, 0.3) is 5.91 Å². The van der Waals surface area contributed by atoms with Crippen LogP contribution in [0.3, 0.4) is 0 Å². The molecule has 1 rings (SSSR count). The van der Waals surface area contributed by atoms with Gasteiger partial charge in [-0.2, -0.15) is 5.26 Å². The fourth-order valence-electron chi connectivity index (χ4n) is 1.98. The molecule has 0 bridgehead atoms. The van der Waals surface area contributed by atoms with Crippen molar-refractivity contribution in [3.8, 4) is 11.8 Å². The van der Waals surface area contributed by atoms with E-state index in [0.29, 0.717) is 0 Å². The molecule has 0 N–H and O–H groups in total. The Kier molecular flexibility index (Phi) is 7.34. The van der Waals surface area contributed by atoms with E-state index in [-0.39, 0.29) is 36.6 Å². The van der Waals surface area contributed by atoms with Crippen LogP contribution in [0.2, 0.25) is 0 Å². The maximum absolute atomic E-state index is 12.1. The number of hydrogen-bond acceptors (Lipinski definition) is 7. The number of ether oxygens (including phenoxy) is 2. The molecule has 0 saturated carbocycles. The molecule has 0 heterocycles. The molecule has 0 aliphatic carbocycles. The van der Waals surface area contributed by atoms with Crippen molar-refractivity contribution < 1.29 is 24.0 Å². The van der Waals surface area contributed by atoms with Crippen LogP contribution in [0.1, 0.15) is 30.6 Å². The first kappa shape index (κ1) is 19.9. The third kappa shape index (κ3) is 5.46. The summed E-state index contributed by atoms with van der Waals surface area (Å²) in [5.74, 6) is -1.28. The second-order valence-corrected chi connectivity index (χ2v) is 5.09. The summed E-state index contributed by atoms with van der Waals surface area (Å²) < 4.78 is 10.2. The lowest BCUT2D eigenvalue weighted by atomic mass is 10.2. The Bertz CT molecular complexity index is 698. The van der Waals surface area contributed by atoms with Gasteiger partial charge < -0.3 is 14.4 Å². The highest BCUT2D eigenvalue weighted by Crippen LogP contribution is 2.28. The minimum Gasteiger partial charge on any atom is -0.487 e. The molecule has 1 aromatic rings. The third-order valence-corrected chi connectivity index (χ3v) is 3.26. The molecule has 0 spiro atoms. The van der Waals surface area contributed by atoms with Crippen molar-refractivity contribution in [3.63, 3.8) is 0 Å². The third-order valence-electron chi connectivity index (χ3n) is 3.26. The van der Waals surface area contributed by atoms with Crippen LogP contribution < -0.4 is 4.74 Å². The van der Waals surface area contributed by atoms with Crippen LogP contribution >= 0.6 is 0 Å². The van der Waals surface area contributed by atoms with Gasteiger partial charge in [-0.3, -0.25) is 14.9 Å². The Labute approximate surface area is 144 Å². The maximum Gasteiger partial charge on any atom is 0.339 e. The predicted octanol–water partition coefficient (Wildman–Crippen LogP) is 1.91. The lowest BCUT2D eigenvalue weighted by molar-refractivity contribution is -0.385. The molecule has 0 unspecified atom stereocenters. The zero-order chi connectivity index (χ0) is 19.0. The van der Waals surface area contributed by atoms with Crippen molar-refractivity contribution in [2.45, 2.75) is 26.4 Å². The van der Waals surface area contributed by atoms with Crippen LogP contribution in [-0.4, -0.2) is 48.0 Å². The van der Waals surface area contributed by atoms with Crippen molar-refractivity contribution in [1.29, 1.82) is 5.26 Å². The van der Waals surface area contributed by atoms with Crippen LogP contribution in [0.25, 0.3) is 0 Å². The Morgan fingerprint density at radius 1 is 1.44 bits per heavy atom. The number of nitriles is 1. The predicted molar refractivity (Wildman–Crippen MR) is 87.0 cm³/mol. The van der Waals surface area contributed by atoms with Crippen molar-refractivity contribution in [1.82, 2.24) is 4.90 Å². The van der Waals surface area contributed by atoms with Crippen LogP contribution in [0.15, 0.2) is 18.2 Å². The van der Waals surface area contributed by atoms with Gasteiger partial charge in [0.2, 0.25) is 0 Å². The average Bonchev–Trinajstić information content (AvgIpc) is 2.59. The van der Waals surface area contributed by atoms with Crippen LogP contribution in [-0.2, 0) is 9.53 Å². The molecule has 0 fully saturated rings. The number of hydrogen-bond donors (Lipinski definition) is 0. The lowest BCUT2D eigenvalue weighted by Crippen LogP contribution is -2.37. The van der Waals surface area contributed by atoms with Gasteiger partial charge in [0.15, 0.2) is 11.9 Å². The van der Waals surface area contributed by atoms with Gasteiger partial charge in [-0.1, -0.05) is 0 Å². The number of likely N-dealkylation sites (N-methyl/N-ethyl adjacent to an activating group) is 1. The number of amides is 1. The molecular weight excluding hydrogens is 330 g/mol. The minimum atomic E-state index is -1.08. The minimum absolute atomic E-state index is 0.0458. The summed E-state index contributed by atoms with van der Waals surface area (Å²) in [7, 11) is 1.49. The van der Waals surface area contributed by atoms with E-state index in [2.05, 4.69) is 0 Å². The van der Waals surface area contributed by atoms with Gasteiger partial charge in [-0.15, -0.1) is 0 Å². The van der Waals surface area contributed by atoms with E-state index in [0.717, 1.165) is 6.07 Å². The Balaban J connectivity index is 2.86. The van der Waals surface area contributed by atoms with Gasteiger partial charge in [-0.25, -0.2) is 4.79 Å². The summed E-state index contributed by atoms with van der Waals surface area (Å²) in [6.07, 6.45) is -0.921. The van der Waals surface area contributed by atoms with Crippen molar-refractivity contribution >= 4 is 17.6 Å². The zero-order valence-electron chi connectivity index (χ0n) is 14.2. The quantitative estimate of drug-likeness (QED) is 0.399. The largest absolute Gasteiger partial charge is 0.487 e. The number of carbonyl (C=O) groups is 2. The summed E-state index contributed by atoms with van der Waals surface area (Å²) in [5, 5.41) is 19.6. The van der Waals surface area contributed by atoms with E-state index in [4.69, 9.17) is 14.7 Å². The number of nitro groups is 1. The standard InChI is InChI=1S/C16H19N3O6/c1-4-24-14-7-6-12(10-13(14)19(22)23)16(21)25-11(2)15(20)18(3)9-5-8-17/h6-7,10-11H,4-5,9H2,1-3H3/t11-/m1/s1. The molecule has 1 aromatic carbocycles. The average molecular weight is 349 g/mol. The SMILES string of the molecule is CCOc1ccc(C(=O)O[C@H](C)C(=O)N(C)CCC#N)cc1[N+](=O)[O-]. The van der Waals surface area contributed by atoms with E-state index < -0.39 is 22.9 Å². The second-order valence-electron chi connectivity index (χ2n) is 5.09. The Morgan fingerprint density at radius 3 is 2.68 bits per heavy atom. The molecule has 0 aliphatic rings. The van der Waals surface area contributed by atoms with E-state index in [1.165, 1.54) is 31.0 Å². The van der Waals surface area contributed by atoms with Gasteiger partial charge in [0.1, 0.15) is 0 Å². The molecule has 1 atom stereocenters. The molecule has 1 amide bonds. The molecule has 0 aromatic heterocycles. The monoisotopic (exact) mass is 349 g/mol. The first-order chi connectivity index (χ1) is 11.8. The number of nitro benzene ring substituents is 1. The molecule has 9 heteroatoms. The zero-order valence-corrected chi connectivity index (χ0v) is 14.2. The maximum atomic E-state index is 12.1. The van der Waals surface area contributed by atoms with Crippen molar-refractivity contribution in [2.75, 3.05) is 20.2 Å². The fraction of sp³-hybridized carbons (Fsp3) is 0.438. The van der Waals surface area contributed by atoms with Crippen LogP contribution in [0, 0.1) is 21.4 Å². The Morgan fingerprint density at radius 2 is 2.12 bits per heavy atom. The molecule has 0 radical (unpaired) electrons. The first-order valence-electron chi connectivity index (χ1n) is 7.56. The molecule has 0 saturated heterocycles. The smallest absolute Gasteiger partial charge is 0.339 e. The molecular formula is C16H19N3O6.